The molecule has 1 atom stereocenters. The van der Waals surface area contributed by atoms with E-state index in [0.717, 1.165) is 28.5 Å². The SMILES string of the molecule is O=C(NCCOc1ccc2ccccc2c1)[C@@H]1CCCN(S(=O)(=O)CCCc2ccccc2)C1. The van der Waals surface area contributed by atoms with E-state index in [4.69, 9.17) is 4.74 Å². The van der Waals surface area contributed by atoms with Gasteiger partial charge in [0.1, 0.15) is 12.4 Å². The van der Waals surface area contributed by atoms with Crippen LogP contribution in [0.25, 0.3) is 10.8 Å². The van der Waals surface area contributed by atoms with Crippen LogP contribution in [-0.4, -0.2) is 50.6 Å². The molecule has 1 amide bonds. The lowest BCUT2D eigenvalue weighted by Crippen LogP contribution is -2.46. The predicted octanol–water partition coefficient (Wildman–Crippen LogP) is 4.01. The van der Waals surface area contributed by atoms with Crippen LogP contribution in [-0.2, 0) is 21.2 Å². The number of ether oxygens (including phenoxy) is 1. The Bertz CT molecular complexity index is 1200. The van der Waals surface area contributed by atoms with Crippen LogP contribution in [0.5, 0.6) is 5.75 Å². The summed E-state index contributed by atoms with van der Waals surface area (Å²) in [6, 6.07) is 23.9. The Labute approximate surface area is 202 Å². The molecule has 4 rings (SSSR count). The largest absolute Gasteiger partial charge is 0.492 e. The van der Waals surface area contributed by atoms with Crippen LogP contribution in [0.1, 0.15) is 24.8 Å². The molecule has 0 radical (unpaired) electrons. The minimum atomic E-state index is -3.37. The zero-order chi connectivity index (χ0) is 23.8. The maximum absolute atomic E-state index is 12.8. The quantitative estimate of drug-likeness (QED) is 0.445. The fourth-order valence-electron chi connectivity index (χ4n) is 4.39. The van der Waals surface area contributed by atoms with Gasteiger partial charge in [0.05, 0.1) is 18.2 Å². The second-order valence-electron chi connectivity index (χ2n) is 8.75. The molecule has 1 aliphatic heterocycles. The lowest BCUT2D eigenvalue weighted by Gasteiger charge is -2.31. The third-order valence-electron chi connectivity index (χ3n) is 6.25. The summed E-state index contributed by atoms with van der Waals surface area (Å²) >= 11 is 0. The number of aryl methyl sites for hydroxylation is 1. The van der Waals surface area contributed by atoms with E-state index in [-0.39, 0.29) is 24.1 Å². The number of amides is 1. The summed E-state index contributed by atoms with van der Waals surface area (Å²) in [4.78, 5) is 12.7. The minimum absolute atomic E-state index is 0.105. The fourth-order valence-corrected chi connectivity index (χ4v) is 5.97. The van der Waals surface area contributed by atoms with Crippen molar-refractivity contribution in [2.24, 2.45) is 5.92 Å². The number of fused-ring (bicyclic) bond motifs is 1. The highest BCUT2D eigenvalue weighted by molar-refractivity contribution is 7.89. The molecule has 0 aromatic heterocycles. The van der Waals surface area contributed by atoms with Gasteiger partial charge in [-0.05, 0) is 54.2 Å². The molecule has 1 heterocycles. The molecule has 34 heavy (non-hydrogen) atoms. The Morgan fingerprint density at radius 2 is 1.76 bits per heavy atom. The molecule has 7 heteroatoms. The van der Waals surface area contributed by atoms with Gasteiger partial charge in [-0.1, -0.05) is 60.7 Å². The first kappa shape index (κ1) is 24.2. The molecular formula is C27H32N2O4S. The van der Waals surface area contributed by atoms with Crippen molar-refractivity contribution in [3.05, 3.63) is 78.4 Å². The van der Waals surface area contributed by atoms with Crippen molar-refractivity contribution >= 4 is 26.7 Å². The summed E-state index contributed by atoms with van der Waals surface area (Å²) < 4.78 is 32.9. The normalized spacial score (nSPS) is 16.9. The van der Waals surface area contributed by atoms with Crippen molar-refractivity contribution in [2.75, 3.05) is 32.0 Å². The lowest BCUT2D eigenvalue weighted by molar-refractivity contribution is -0.126. The summed E-state index contributed by atoms with van der Waals surface area (Å²) in [5.74, 6) is 0.443. The fraction of sp³-hybridized carbons (Fsp3) is 0.370. The molecule has 180 valence electrons. The van der Waals surface area contributed by atoms with Gasteiger partial charge in [-0.2, -0.15) is 0 Å². The van der Waals surface area contributed by atoms with Gasteiger partial charge in [-0.3, -0.25) is 4.79 Å². The first-order chi connectivity index (χ1) is 16.5. The first-order valence-electron chi connectivity index (χ1n) is 11.9. The van der Waals surface area contributed by atoms with Crippen LogP contribution >= 0.6 is 0 Å². The minimum Gasteiger partial charge on any atom is -0.492 e. The average Bonchev–Trinajstić information content (AvgIpc) is 2.87. The molecular weight excluding hydrogens is 448 g/mol. The van der Waals surface area contributed by atoms with Crippen molar-refractivity contribution in [1.29, 1.82) is 0 Å². The summed E-state index contributed by atoms with van der Waals surface area (Å²) in [6.45, 7) is 1.48. The number of hydrogen-bond acceptors (Lipinski definition) is 4. The number of rotatable bonds is 10. The van der Waals surface area contributed by atoms with Gasteiger partial charge < -0.3 is 10.1 Å². The number of piperidine rings is 1. The lowest BCUT2D eigenvalue weighted by atomic mass is 9.99. The van der Waals surface area contributed by atoms with E-state index in [1.54, 1.807) is 0 Å². The standard InChI is InChI=1S/C27H32N2O4S/c30-27(28-16-18-33-26-15-14-23-11-4-5-12-24(23)20-26)25-13-6-17-29(21-25)34(31,32)19-7-10-22-8-2-1-3-9-22/h1-5,8-9,11-12,14-15,20,25H,6-7,10,13,16-19,21H2,(H,28,30)/t25-/m1/s1. The van der Waals surface area contributed by atoms with Gasteiger partial charge >= 0.3 is 0 Å². The summed E-state index contributed by atoms with van der Waals surface area (Å²) in [5.41, 5.74) is 1.14. The van der Waals surface area contributed by atoms with Crippen LogP contribution in [0.2, 0.25) is 0 Å². The number of sulfonamides is 1. The van der Waals surface area contributed by atoms with Crippen LogP contribution in [0.4, 0.5) is 0 Å². The van der Waals surface area contributed by atoms with Gasteiger partial charge in [0.25, 0.3) is 0 Å². The van der Waals surface area contributed by atoms with Crippen molar-refractivity contribution in [3.8, 4) is 5.75 Å². The van der Waals surface area contributed by atoms with Crippen molar-refractivity contribution < 1.29 is 17.9 Å². The van der Waals surface area contributed by atoms with Crippen LogP contribution in [0.3, 0.4) is 0 Å². The molecule has 1 aliphatic rings. The van der Waals surface area contributed by atoms with E-state index in [0.29, 0.717) is 39.0 Å². The Hall–Kier alpha value is -2.90. The van der Waals surface area contributed by atoms with E-state index in [1.165, 1.54) is 4.31 Å². The first-order valence-corrected chi connectivity index (χ1v) is 13.5. The van der Waals surface area contributed by atoms with Crippen LogP contribution < -0.4 is 10.1 Å². The van der Waals surface area contributed by atoms with Crippen LogP contribution in [0, 0.1) is 5.92 Å². The summed E-state index contributed by atoms with van der Waals surface area (Å²) in [6.07, 6.45) is 2.71. The van der Waals surface area contributed by atoms with E-state index in [9.17, 15) is 13.2 Å². The number of hydrogen-bond donors (Lipinski definition) is 1. The van der Waals surface area contributed by atoms with E-state index in [2.05, 4.69) is 11.4 Å². The molecule has 0 aliphatic carbocycles. The number of nitrogens with zero attached hydrogens (tertiary/aromatic N) is 1. The third-order valence-corrected chi connectivity index (χ3v) is 8.17. The number of carbonyl (C=O) groups is 1. The Morgan fingerprint density at radius 1 is 1.00 bits per heavy atom. The highest BCUT2D eigenvalue weighted by atomic mass is 32.2. The number of nitrogens with one attached hydrogen (secondary N) is 1. The molecule has 1 fully saturated rings. The zero-order valence-corrected chi connectivity index (χ0v) is 20.2. The second kappa shape index (κ2) is 11.5. The van der Waals surface area contributed by atoms with E-state index < -0.39 is 10.0 Å². The number of carbonyl (C=O) groups excluding carboxylic acids is 1. The van der Waals surface area contributed by atoms with Gasteiger partial charge in [0.2, 0.25) is 15.9 Å². The molecule has 3 aromatic carbocycles. The maximum atomic E-state index is 12.8. The summed E-state index contributed by atoms with van der Waals surface area (Å²) in [7, 11) is -3.37. The van der Waals surface area contributed by atoms with Crippen molar-refractivity contribution in [2.45, 2.75) is 25.7 Å². The second-order valence-corrected chi connectivity index (χ2v) is 10.8. The molecule has 0 spiro atoms. The summed E-state index contributed by atoms with van der Waals surface area (Å²) in [5, 5.41) is 5.17. The Morgan fingerprint density at radius 3 is 2.59 bits per heavy atom. The van der Waals surface area contributed by atoms with Gasteiger partial charge in [0, 0.05) is 13.1 Å². The zero-order valence-electron chi connectivity index (χ0n) is 19.4. The Kier molecular flexibility index (Phi) is 8.19. The molecule has 1 saturated heterocycles. The highest BCUT2D eigenvalue weighted by Crippen LogP contribution is 2.22. The topological polar surface area (TPSA) is 75.7 Å². The van der Waals surface area contributed by atoms with Crippen LogP contribution in [0.15, 0.2) is 72.8 Å². The highest BCUT2D eigenvalue weighted by Gasteiger charge is 2.31. The maximum Gasteiger partial charge on any atom is 0.224 e. The van der Waals surface area contributed by atoms with Crippen molar-refractivity contribution in [3.63, 3.8) is 0 Å². The predicted molar refractivity (Wildman–Crippen MR) is 135 cm³/mol. The van der Waals surface area contributed by atoms with Gasteiger partial charge in [-0.15, -0.1) is 0 Å². The Balaban J connectivity index is 1.20. The van der Waals surface area contributed by atoms with E-state index in [1.807, 2.05) is 66.7 Å². The van der Waals surface area contributed by atoms with Gasteiger partial charge in [0.15, 0.2) is 0 Å². The van der Waals surface area contributed by atoms with E-state index >= 15 is 0 Å². The molecule has 0 saturated carbocycles. The smallest absolute Gasteiger partial charge is 0.224 e. The third kappa shape index (κ3) is 6.58. The monoisotopic (exact) mass is 480 g/mol. The molecule has 0 unspecified atom stereocenters. The average molecular weight is 481 g/mol. The molecule has 1 N–H and O–H groups in total. The molecule has 3 aromatic rings. The molecule has 0 bridgehead atoms. The van der Waals surface area contributed by atoms with Crippen molar-refractivity contribution in [1.82, 2.24) is 9.62 Å². The number of benzene rings is 3. The molecule has 6 nitrogen and oxygen atoms in total. The van der Waals surface area contributed by atoms with Gasteiger partial charge in [-0.25, -0.2) is 12.7 Å².